The molecule has 1 atom stereocenters. The van der Waals surface area contributed by atoms with Crippen molar-refractivity contribution in [3.63, 3.8) is 0 Å². The molecule has 1 aliphatic heterocycles. The number of benzene rings is 1. The zero-order valence-corrected chi connectivity index (χ0v) is 10.9. The molecule has 0 bridgehead atoms. The van der Waals surface area contributed by atoms with E-state index in [4.69, 9.17) is 21.2 Å². The summed E-state index contributed by atoms with van der Waals surface area (Å²) >= 11 is 9.09. The molecule has 1 heterocycles. The molecule has 6 heteroatoms. The predicted octanol–water partition coefficient (Wildman–Crippen LogP) is 3.22. The summed E-state index contributed by atoms with van der Waals surface area (Å²) in [6.45, 7) is 0.508. The molecule has 1 N–H and O–H groups in total. The SMILES string of the molecule is CONC1CCOc2c(Br)cc(Cl)c(F)c21. The molecule has 0 aliphatic carbocycles. The molecule has 3 nitrogen and oxygen atoms in total. The van der Waals surface area contributed by atoms with Gasteiger partial charge in [0.15, 0.2) is 0 Å². The monoisotopic (exact) mass is 309 g/mol. The summed E-state index contributed by atoms with van der Waals surface area (Å²) in [5.74, 6) is 0.0248. The maximum atomic E-state index is 13.9. The highest BCUT2D eigenvalue weighted by molar-refractivity contribution is 9.10. The lowest BCUT2D eigenvalue weighted by Crippen LogP contribution is -2.27. The van der Waals surface area contributed by atoms with E-state index in [9.17, 15) is 4.39 Å². The summed E-state index contributed by atoms with van der Waals surface area (Å²) in [7, 11) is 1.49. The minimum atomic E-state index is -0.464. The van der Waals surface area contributed by atoms with Gasteiger partial charge < -0.3 is 9.57 Å². The minimum Gasteiger partial charge on any atom is -0.492 e. The molecule has 0 aromatic heterocycles. The third-order valence-electron chi connectivity index (χ3n) is 2.42. The summed E-state index contributed by atoms with van der Waals surface area (Å²) in [6.07, 6.45) is 0.630. The zero-order chi connectivity index (χ0) is 11.7. The molecule has 1 unspecified atom stereocenters. The highest BCUT2D eigenvalue weighted by Gasteiger charge is 2.28. The van der Waals surface area contributed by atoms with Crippen molar-refractivity contribution in [1.82, 2.24) is 5.48 Å². The van der Waals surface area contributed by atoms with Crippen molar-refractivity contribution in [2.75, 3.05) is 13.7 Å². The van der Waals surface area contributed by atoms with Crippen molar-refractivity contribution in [3.8, 4) is 5.75 Å². The van der Waals surface area contributed by atoms with E-state index in [2.05, 4.69) is 21.4 Å². The molecule has 0 fully saturated rings. The fourth-order valence-electron chi connectivity index (χ4n) is 1.74. The maximum Gasteiger partial charge on any atom is 0.150 e. The second-order valence-electron chi connectivity index (χ2n) is 3.41. The molecule has 16 heavy (non-hydrogen) atoms. The largest absolute Gasteiger partial charge is 0.492 e. The summed E-state index contributed by atoms with van der Waals surface area (Å²) in [5.41, 5.74) is 3.15. The molecule has 1 aromatic rings. The van der Waals surface area contributed by atoms with Crippen LogP contribution >= 0.6 is 27.5 Å². The Kier molecular flexibility index (Phi) is 3.69. The summed E-state index contributed by atoms with van der Waals surface area (Å²) < 4.78 is 20.0. The Morgan fingerprint density at radius 3 is 3.12 bits per heavy atom. The Bertz CT molecular complexity index is 416. The Hall–Kier alpha value is -0.360. The third kappa shape index (κ3) is 2.05. The first-order valence-electron chi connectivity index (χ1n) is 4.74. The van der Waals surface area contributed by atoms with Gasteiger partial charge in [-0.1, -0.05) is 11.6 Å². The van der Waals surface area contributed by atoms with Crippen molar-refractivity contribution in [1.29, 1.82) is 0 Å². The normalized spacial score (nSPS) is 19.1. The van der Waals surface area contributed by atoms with E-state index in [0.29, 0.717) is 28.8 Å². The van der Waals surface area contributed by atoms with Gasteiger partial charge in [0, 0.05) is 6.42 Å². The first kappa shape index (κ1) is 12.1. The molecule has 0 saturated heterocycles. The van der Waals surface area contributed by atoms with Gasteiger partial charge in [-0.05, 0) is 22.0 Å². The second kappa shape index (κ2) is 4.87. The van der Waals surface area contributed by atoms with Crippen LogP contribution in [0.25, 0.3) is 0 Å². The van der Waals surface area contributed by atoms with E-state index in [1.54, 1.807) is 0 Å². The van der Waals surface area contributed by atoms with E-state index in [-0.39, 0.29) is 11.1 Å². The number of ether oxygens (including phenoxy) is 1. The molecule has 0 spiro atoms. The average molecular weight is 311 g/mol. The molecule has 88 valence electrons. The first-order chi connectivity index (χ1) is 7.65. The van der Waals surface area contributed by atoms with Crippen LogP contribution in [0.3, 0.4) is 0 Å². The number of hydrogen-bond acceptors (Lipinski definition) is 3. The van der Waals surface area contributed by atoms with Crippen LogP contribution in [0.15, 0.2) is 10.5 Å². The van der Waals surface area contributed by atoms with Crippen molar-refractivity contribution >= 4 is 27.5 Å². The minimum absolute atomic E-state index is 0.0685. The number of hydrogen-bond donors (Lipinski definition) is 1. The topological polar surface area (TPSA) is 30.5 Å². The molecule has 0 radical (unpaired) electrons. The smallest absolute Gasteiger partial charge is 0.150 e. The number of rotatable bonds is 2. The lowest BCUT2D eigenvalue weighted by atomic mass is 10.0. The Morgan fingerprint density at radius 1 is 1.69 bits per heavy atom. The van der Waals surface area contributed by atoms with Crippen molar-refractivity contribution < 1.29 is 14.0 Å². The second-order valence-corrected chi connectivity index (χ2v) is 4.67. The van der Waals surface area contributed by atoms with E-state index in [1.807, 2.05) is 0 Å². The Labute approximate surface area is 106 Å². The predicted molar refractivity (Wildman–Crippen MR) is 62.1 cm³/mol. The highest BCUT2D eigenvalue weighted by atomic mass is 79.9. The molecule has 2 rings (SSSR count). The van der Waals surface area contributed by atoms with Crippen LogP contribution < -0.4 is 10.2 Å². The van der Waals surface area contributed by atoms with Gasteiger partial charge in [0.1, 0.15) is 11.6 Å². The zero-order valence-electron chi connectivity index (χ0n) is 8.52. The lowest BCUT2D eigenvalue weighted by molar-refractivity contribution is 0.0447. The first-order valence-corrected chi connectivity index (χ1v) is 5.91. The van der Waals surface area contributed by atoms with Crippen LogP contribution in [0.1, 0.15) is 18.0 Å². The van der Waals surface area contributed by atoms with Gasteiger partial charge in [0.05, 0.1) is 34.8 Å². The molecular weight excluding hydrogens is 300 g/mol. The van der Waals surface area contributed by atoms with Crippen LogP contribution in [0.4, 0.5) is 4.39 Å². The van der Waals surface area contributed by atoms with E-state index >= 15 is 0 Å². The molecule has 0 saturated carbocycles. The Morgan fingerprint density at radius 2 is 2.44 bits per heavy atom. The van der Waals surface area contributed by atoms with Gasteiger partial charge in [0.2, 0.25) is 0 Å². The van der Waals surface area contributed by atoms with Crippen LogP contribution in [0, 0.1) is 5.82 Å². The van der Waals surface area contributed by atoms with E-state index in [1.165, 1.54) is 13.2 Å². The summed E-state index contributed by atoms with van der Waals surface area (Å²) in [6, 6.07) is 1.24. The number of hydroxylamine groups is 1. The van der Waals surface area contributed by atoms with Crippen LogP contribution in [0.5, 0.6) is 5.75 Å². The summed E-state index contributed by atoms with van der Waals surface area (Å²) in [5, 5.41) is 0.0685. The van der Waals surface area contributed by atoms with Crippen molar-refractivity contribution in [2.45, 2.75) is 12.5 Å². The van der Waals surface area contributed by atoms with Gasteiger partial charge in [0.25, 0.3) is 0 Å². The Balaban J connectivity index is 2.53. The quantitative estimate of drug-likeness (QED) is 0.672. The van der Waals surface area contributed by atoms with Crippen molar-refractivity contribution in [3.05, 3.63) is 26.9 Å². The van der Waals surface area contributed by atoms with Crippen LogP contribution in [0.2, 0.25) is 5.02 Å². The molecular formula is C10H10BrClFNO2. The van der Waals surface area contributed by atoms with E-state index in [0.717, 1.165) is 0 Å². The standard InChI is InChI=1S/C10H10BrClFNO2/c1-15-14-7-2-3-16-10-5(11)4-6(12)9(13)8(7)10/h4,7,14H,2-3H2,1H3. The fraction of sp³-hybridized carbons (Fsp3) is 0.400. The fourth-order valence-corrected chi connectivity index (χ4v) is 2.64. The third-order valence-corrected chi connectivity index (χ3v) is 3.29. The molecule has 0 amide bonds. The van der Waals surface area contributed by atoms with Crippen LogP contribution in [-0.4, -0.2) is 13.7 Å². The average Bonchev–Trinajstić information content (AvgIpc) is 2.26. The van der Waals surface area contributed by atoms with Crippen molar-refractivity contribution in [2.24, 2.45) is 0 Å². The number of nitrogens with one attached hydrogen (secondary N) is 1. The highest BCUT2D eigenvalue weighted by Crippen LogP contribution is 2.42. The van der Waals surface area contributed by atoms with Crippen LogP contribution in [-0.2, 0) is 4.84 Å². The molecule has 1 aliphatic rings. The van der Waals surface area contributed by atoms with Gasteiger partial charge in [-0.15, -0.1) is 0 Å². The lowest BCUT2D eigenvalue weighted by Gasteiger charge is -2.27. The number of fused-ring (bicyclic) bond motifs is 1. The van der Waals surface area contributed by atoms with Gasteiger partial charge >= 0.3 is 0 Å². The maximum absolute atomic E-state index is 13.9. The van der Waals surface area contributed by atoms with Gasteiger partial charge in [-0.3, -0.25) is 0 Å². The van der Waals surface area contributed by atoms with E-state index < -0.39 is 5.82 Å². The summed E-state index contributed by atoms with van der Waals surface area (Å²) in [4.78, 5) is 4.84. The van der Waals surface area contributed by atoms with Gasteiger partial charge in [-0.25, -0.2) is 4.39 Å². The van der Waals surface area contributed by atoms with Gasteiger partial charge in [-0.2, -0.15) is 5.48 Å². The molecule has 1 aromatic carbocycles. The number of halogens is 3.